The topological polar surface area (TPSA) is 50.9 Å². The summed E-state index contributed by atoms with van der Waals surface area (Å²) in [5.41, 5.74) is 3.61. The minimum absolute atomic E-state index is 0.0292. The van der Waals surface area contributed by atoms with Crippen LogP contribution in [0.25, 0.3) is 11.4 Å². The highest BCUT2D eigenvalue weighted by Gasteiger charge is 2.07. The molecule has 0 atom stereocenters. The molecule has 0 unspecified atom stereocenters. The zero-order valence-electron chi connectivity index (χ0n) is 8.81. The fourth-order valence-corrected chi connectivity index (χ4v) is 1.56. The molecule has 2 aromatic rings. The standard InChI is InChI=1S/C11H13N3O/c1-8-6-14(2)13-11(8)10-5-9(7-15)3-4-12-10/h3-6,15H,7H2,1-2H3. The summed E-state index contributed by atoms with van der Waals surface area (Å²) in [7, 11) is 1.88. The molecule has 0 saturated heterocycles. The second-order valence-electron chi connectivity index (χ2n) is 3.54. The van der Waals surface area contributed by atoms with Crippen molar-refractivity contribution in [3.63, 3.8) is 0 Å². The van der Waals surface area contributed by atoms with Gasteiger partial charge in [0.1, 0.15) is 5.69 Å². The average molecular weight is 203 g/mol. The molecule has 4 heteroatoms. The molecule has 1 N–H and O–H groups in total. The van der Waals surface area contributed by atoms with Gasteiger partial charge in [0.05, 0.1) is 12.3 Å². The summed E-state index contributed by atoms with van der Waals surface area (Å²) in [6.07, 6.45) is 3.64. The van der Waals surface area contributed by atoms with Gasteiger partial charge in [-0.2, -0.15) is 5.10 Å². The predicted molar refractivity (Wildman–Crippen MR) is 57.1 cm³/mol. The van der Waals surface area contributed by atoms with Gasteiger partial charge in [-0.3, -0.25) is 9.67 Å². The largest absolute Gasteiger partial charge is 0.392 e. The highest BCUT2D eigenvalue weighted by atomic mass is 16.3. The van der Waals surface area contributed by atoms with Crippen molar-refractivity contribution in [3.8, 4) is 11.4 Å². The zero-order valence-corrected chi connectivity index (χ0v) is 8.81. The van der Waals surface area contributed by atoms with Gasteiger partial charge in [-0.25, -0.2) is 0 Å². The first-order chi connectivity index (χ1) is 7.20. The third-order valence-corrected chi connectivity index (χ3v) is 2.26. The molecule has 0 bridgehead atoms. The number of aryl methyl sites for hydroxylation is 2. The molecule has 0 aliphatic heterocycles. The number of aliphatic hydroxyl groups excluding tert-OH is 1. The van der Waals surface area contributed by atoms with E-state index in [1.54, 1.807) is 16.9 Å². The van der Waals surface area contributed by atoms with Crippen LogP contribution in [-0.4, -0.2) is 19.9 Å². The van der Waals surface area contributed by atoms with Crippen molar-refractivity contribution in [1.29, 1.82) is 0 Å². The molecule has 2 rings (SSSR count). The molecule has 78 valence electrons. The SMILES string of the molecule is Cc1cn(C)nc1-c1cc(CO)ccn1. The van der Waals surface area contributed by atoms with Crippen molar-refractivity contribution in [1.82, 2.24) is 14.8 Å². The maximum Gasteiger partial charge on any atom is 0.114 e. The lowest BCUT2D eigenvalue weighted by atomic mass is 10.1. The summed E-state index contributed by atoms with van der Waals surface area (Å²) in [6, 6.07) is 3.65. The number of aliphatic hydroxyl groups is 1. The minimum Gasteiger partial charge on any atom is -0.392 e. The number of hydrogen-bond acceptors (Lipinski definition) is 3. The highest BCUT2D eigenvalue weighted by molar-refractivity contribution is 5.58. The molecule has 2 heterocycles. The van der Waals surface area contributed by atoms with E-state index < -0.39 is 0 Å². The summed E-state index contributed by atoms with van der Waals surface area (Å²) < 4.78 is 1.76. The van der Waals surface area contributed by atoms with Crippen LogP contribution in [0.5, 0.6) is 0 Å². The van der Waals surface area contributed by atoms with E-state index in [0.717, 1.165) is 22.5 Å². The van der Waals surface area contributed by atoms with Crippen LogP contribution >= 0.6 is 0 Å². The highest BCUT2D eigenvalue weighted by Crippen LogP contribution is 2.19. The van der Waals surface area contributed by atoms with E-state index in [1.807, 2.05) is 26.2 Å². The fraction of sp³-hybridized carbons (Fsp3) is 0.273. The van der Waals surface area contributed by atoms with Crippen LogP contribution in [0.3, 0.4) is 0 Å². The Morgan fingerprint density at radius 3 is 2.87 bits per heavy atom. The van der Waals surface area contributed by atoms with Gasteiger partial charge in [0, 0.05) is 19.4 Å². The Labute approximate surface area is 88.2 Å². The van der Waals surface area contributed by atoms with Gasteiger partial charge in [-0.15, -0.1) is 0 Å². The monoisotopic (exact) mass is 203 g/mol. The van der Waals surface area contributed by atoms with E-state index in [4.69, 9.17) is 5.11 Å². The number of aromatic nitrogens is 3. The number of nitrogens with zero attached hydrogens (tertiary/aromatic N) is 3. The van der Waals surface area contributed by atoms with Crippen LogP contribution in [0.4, 0.5) is 0 Å². The normalized spacial score (nSPS) is 10.6. The van der Waals surface area contributed by atoms with E-state index in [-0.39, 0.29) is 6.61 Å². The third kappa shape index (κ3) is 1.89. The van der Waals surface area contributed by atoms with Gasteiger partial charge in [0.15, 0.2) is 0 Å². The third-order valence-electron chi connectivity index (χ3n) is 2.26. The molecule has 15 heavy (non-hydrogen) atoms. The van der Waals surface area contributed by atoms with E-state index >= 15 is 0 Å². The second-order valence-corrected chi connectivity index (χ2v) is 3.54. The summed E-state index contributed by atoms with van der Waals surface area (Å²) in [5.74, 6) is 0. The summed E-state index contributed by atoms with van der Waals surface area (Å²) in [6.45, 7) is 2.02. The summed E-state index contributed by atoms with van der Waals surface area (Å²) in [5, 5.41) is 13.4. The molecule has 0 spiro atoms. The van der Waals surface area contributed by atoms with Crippen LogP contribution in [0, 0.1) is 6.92 Å². The van der Waals surface area contributed by atoms with Crippen LogP contribution in [-0.2, 0) is 13.7 Å². The molecule has 0 amide bonds. The van der Waals surface area contributed by atoms with Crippen molar-refractivity contribution in [2.24, 2.45) is 7.05 Å². The molecule has 0 saturated carbocycles. The van der Waals surface area contributed by atoms with Gasteiger partial charge in [0.25, 0.3) is 0 Å². The van der Waals surface area contributed by atoms with Gasteiger partial charge in [-0.05, 0) is 30.2 Å². The number of hydrogen-bond donors (Lipinski definition) is 1. The molecule has 0 radical (unpaired) electrons. The molecular weight excluding hydrogens is 190 g/mol. The van der Waals surface area contributed by atoms with E-state index in [2.05, 4.69) is 10.1 Å². The lowest BCUT2D eigenvalue weighted by Crippen LogP contribution is -1.91. The van der Waals surface area contributed by atoms with E-state index in [9.17, 15) is 0 Å². The molecule has 2 aromatic heterocycles. The predicted octanol–water partition coefficient (Wildman–Crippen LogP) is 1.28. The van der Waals surface area contributed by atoms with Crippen LogP contribution in [0.1, 0.15) is 11.1 Å². The lowest BCUT2D eigenvalue weighted by molar-refractivity contribution is 0.282. The molecular formula is C11H13N3O. The van der Waals surface area contributed by atoms with Crippen molar-refractivity contribution < 1.29 is 5.11 Å². The number of rotatable bonds is 2. The smallest absolute Gasteiger partial charge is 0.114 e. The van der Waals surface area contributed by atoms with E-state index in [0.29, 0.717) is 0 Å². The molecule has 0 aromatic carbocycles. The van der Waals surface area contributed by atoms with Crippen molar-refractivity contribution in [3.05, 3.63) is 35.7 Å². The quantitative estimate of drug-likeness (QED) is 0.800. The summed E-state index contributed by atoms with van der Waals surface area (Å²) >= 11 is 0. The van der Waals surface area contributed by atoms with E-state index in [1.165, 1.54) is 0 Å². The van der Waals surface area contributed by atoms with Crippen molar-refractivity contribution in [2.45, 2.75) is 13.5 Å². The second kappa shape index (κ2) is 3.82. The lowest BCUT2D eigenvalue weighted by Gasteiger charge is -2.00. The Hall–Kier alpha value is -1.68. The Balaban J connectivity index is 2.49. The molecule has 0 aliphatic carbocycles. The average Bonchev–Trinajstić information content (AvgIpc) is 2.58. The molecule has 4 nitrogen and oxygen atoms in total. The van der Waals surface area contributed by atoms with Crippen LogP contribution < -0.4 is 0 Å². The van der Waals surface area contributed by atoms with Gasteiger partial charge < -0.3 is 5.11 Å². The van der Waals surface area contributed by atoms with Crippen molar-refractivity contribution in [2.75, 3.05) is 0 Å². The Morgan fingerprint density at radius 2 is 2.27 bits per heavy atom. The maximum atomic E-state index is 9.03. The summed E-state index contributed by atoms with van der Waals surface area (Å²) in [4.78, 5) is 4.24. The number of pyridine rings is 1. The zero-order chi connectivity index (χ0) is 10.8. The fourth-order valence-electron chi connectivity index (χ4n) is 1.56. The van der Waals surface area contributed by atoms with Gasteiger partial charge >= 0.3 is 0 Å². The first kappa shape index (κ1) is 9.86. The molecule has 0 fully saturated rings. The Kier molecular flexibility index (Phi) is 2.51. The van der Waals surface area contributed by atoms with Gasteiger partial charge in [-0.1, -0.05) is 0 Å². The minimum atomic E-state index is 0.0292. The Morgan fingerprint density at radius 1 is 1.47 bits per heavy atom. The first-order valence-corrected chi connectivity index (χ1v) is 4.77. The maximum absolute atomic E-state index is 9.03. The first-order valence-electron chi connectivity index (χ1n) is 4.77. The van der Waals surface area contributed by atoms with Gasteiger partial charge in [0.2, 0.25) is 0 Å². The van der Waals surface area contributed by atoms with Crippen LogP contribution in [0.2, 0.25) is 0 Å². The van der Waals surface area contributed by atoms with Crippen LogP contribution in [0.15, 0.2) is 24.5 Å². The van der Waals surface area contributed by atoms with Crippen molar-refractivity contribution >= 4 is 0 Å². The Bertz CT molecular complexity index is 476. The molecule has 0 aliphatic rings.